The molecule has 76 valence electrons. The highest BCUT2D eigenvalue weighted by molar-refractivity contribution is 5.82. The average Bonchev–Trinajstić information content (AvgIpc) is 2.10. The molecule has 13 heavy (non-hydrogen) atoms. The number of carbonyl (C=O) groups is 2. The van der Waals surface area contributed by atoms with E-state index in [-0.39, 0.29) is 26.1 Å². The monoisotopic (exact) mass is 190 g/mol. The van der Waals surface area contributed by atoms with Crippen LogP contribution in [0.1, 0.15) is 12.8 Å². The maximum atomic E-state index is 10.9. The Kier molecular flexibility index (Phi) is 5.82. The van der Waals surface area contributed by atoms with Crippen molar-refractivity contribution in [1.82, 2.24) is 5.32 Å². The fourth-order valence-electron chi connectivity index (χ4n) is 0.686. The lowest BCUT2D eigenvalue weighted by molar-refractivity contribution is -0.125. The average molecular weight is 190 g/mol. The summed E-state index contributed by atoms with van der Waals surface area (Å²) in [6.07, 6.45) is -0.0543. The minimum absolute atomic E-state index is 0.0220. The van der Waals surface area contributed by atoms with Crippen molar-refractivity contribution in [3.8, 4) is 0 Å². The zero-order valence-corrected chi connectivity index (χ0v) is 7.19. The van der Waals surface area contributed by atoms with Gasteiger partial charge in [0.15, 0.2) is 0 Å². The number of amides is 2. The molecular formula is C7H14N2O4. The van der Waals surface area contributed by atoms with E-state index in [2.05, 4.69) is 5.32 Å². The second-order valence-corrected chi connectivity index (χ2v) is 2.60. The third-order valence-corrected chi connectivity index (χ3v) is 1.40. The summed E-state index contributed by atoms with van der Waals surface area (Å²) in [6.45, 7) is -0.669. The highest BCUT2D eigenvalue weighted by Crippen LogP contribution is 1.89. The van der Waals surface area contributed by atoms with Crippen LogP contribution in [0, 0.1) is 0 Å². The molecular weight excluding hydrogens is 176 g/mol. The van der Waals surface area contributed by atoms with Crippen molar-refractivity contribution in [1.29, 1.82) is 0 Å². The normalized spacial score (nSPS) is 10.1. The van der Waals surface area contributed by atoms with Crippen molar-refractivity contribution in [3.63, 3.8) is 0 Å². The summed E-state index contributed by atoms with van der Waals surface area (Å²) in [5, 5.41) is 19.5. The molecule has 5 N–H and O–H groups in total. The van der Waals surface area contributed by atoms with Gasteiger partial charge in [-0.25, -0.2) is 0 Å². The van der Waals surface area contributed by atoms with Gasteiger partial charge in [-0.3, -0.25) is 9.59 Å². The van der Waals surface area contributed by atoms with Crippen LogP contribution in [0.25, 0.3) is 0 Å². The summed E-state index contributed by atoms with van der Waals surface area (Å²) < 4.78 is 0. The van der Waals surface area contributed by atoms with Gasteiger partial charge in [0.25, 0.3) is 0 Å². The summed E-state index contributed by atoms with van der Waals surface area (Å²) in [5.74, 6) is -0.966. The summed E-state index contributed by atoms with van der Waals surface area (Å²) in [4.78, 5) is 21.2. The van der Waals surface area contributed by atoms with E-state index in [1.807, 2.05) is 0 Å². The molecule has 6 nitrogen and oxygen atoms in total. The van der Waals surface area contributed by atoms with E-state index in [1.54, 1.807) is 0 Å². The van der Waals surface area contributed by atoms with Gasteiger partial charge >= 0.3 is 0 Å². The number of nitrogens with one attached hydrogen (secondary N) is 1. The van der Waals surface area contributed by atoms with Crippen molar-refractivity contribution >= 4 is 11.8 Å². The Bertz CT molecular complexity index is 179. The third-order valence-electron chi connectivity index (χ3n) is 1.40. The molecule has 0 bridgehead atoms. The summed E-state index contributed by atoms with van der Waals surface area (Å²) in [5.41, 5.74) is 4.82. The number of hydrogen-bond acceptors (Lipinski definition) is 4. The van der Waals surface area contributed by atoms with Crippen LogP contribution in [0.5, 0.6) is 0 Å². The van der Waals surface area contributed by atoms with Crippen molar-refractivity contribution in [2.75, 3.05) is 13.2 Å². The SMILES string of the molecule is NC(=O)CCC(=O)NC(CO)CO. The predicted octanol–water partition coefficient (Wildman–Crippen LogP) is -2.28. The fourth-order valence-corrected chi connectivity index (χ4v) is 0.686. The van der Waals surface area contributed by atoms with E-state index in [0.717, 1.165) is 0 Å². The summed E-state index contributed by atoms with van der Waals surface area (Å²) in [6, 6.07) is -0.666. The number of primary amides is 1. The Morgan fingerprint density at radius 1 is 1.23 bits per heavy atom. The Morgan fingerprint density at radius 3 is 2.15 bits per heavy atom. The van der Waals surface area contributed by atoms with Crippen LogP contribution in [0.3, 0.4) is 0 Å². The van der Waals surface area contributed by atoms with Gasteiger partial charge in [0.2, 0.25) is 11.8 Å². The first-order valence-corrected chi connectivity index (χ1v) is 3.89. The Labute approximate surface area is 75.7 Å². The zero-order chi connectivity index (χ0) is 10.3. The maximum absolute atomic E-state index is 10.9. The maximum Gasteiger partial charge on any atom is 0.220 e. The van der Waals surface area contributed by atoms with Crippen LogP contribution in [0.4, 0.5) is 0 Å². The van der Waals surface area contributed by atoms with Crippen LogP contribution >= 0.6 is 0 Å². The highest BCUT2D eigenvalue weighted by Gasteiger charge is 2.10. The number of nitrogens with two attached hydrogens (primary N) is 1. The van der Waals surface area contributed by atoms with Gasteiger partial charge < -0.3 is 21.3 Å². The largest absolute Gasteiger partial charge is 0.394 e. The molecule has 0 unspecified atom stereocenters. The Hall–Kier alpha value is -1.14. The minimum Gasteiger partial charge on any atom is -0.394 e. The Morgan fingerprint density at radius 2 is 1.77 bits per heavy atom. The first-order chi connectivity index (χ1) is 6.10. The minimum atomic E-state index is -0.666. The molecule has 0 aromatic rings. The van der Waals surface area contributed by atoms with Gasteiger partial charge in [0.05, 0.1) is 19.3 Å². The van der Waals surface area contributed by atoms with Crippen LogP contribution in [-0.4, -0.2) is 41.3 Å². The molecule has 0 aliphatic heterocycles. The molecule has 0 saturated carbocycles. The lowest BCUT2D eigenvalue weighted by atomic mass is 10.2. The predicted molar refractivity (Wildman–Crippen MR) is 44.5 cm³/mol. The van der Waals surface area contributed by atoms with Crippen molar-refractivity contribution in [2.24, 2.45) is 5.73 Å². The van der Waals surface area contributed by atoms with Gasteiger partial charge in [-0.1, -0.05) is 0 Å². The number of hydrogen-bond donors (Lipinski definition) is 4. The van der Waals surface area contributed by atoms with Crippen LogP contribution in [0.2, 0.25) is 0 Å². The van der Waals surface area contributed by atoms with E-state index in [9.17, 15) is 9.59 Å². The smallest absolute Gasteiger partial charge is 0.220 e. The first-order valence-electron chi connectivity index (χ1n) is 3.89. The molecule has 6 heteroatoms. The van der Waals surface area contributed by atoms with E-state index in [0.29, 0.717) is 0 Å². The molecule has 0 aliphatic rings. The highest BCUT2D eigenvalue weighted by atomic mass is 16.3. The lowest BCUT2D eigenvalue weighted by Gasteiger charge is -2.12. The molecule has 0 aromatic carbocycles. The molecule has 0 rings (SSSR count). The molecule has 0 aromatic heterocycles. The quantitative estimate of drug-likeness (QED) is 0.378. The topological polar surface area (TPSA) is 113 Å². The molecule has 0 saturated heterocycles. The molecule has 0 atom stereocenters. The second-order valence-electron chi connectivity index (χ2n) is 2.60. The molecule has 2 amide bonds. The zero-order valence-electron chi connectivity index (χ0n) is 7.19. The van der Waals surface area contributed by atoms with E-state index in [4.69, 9.17) is 15.9 Å². The van der Waals surface area contributed by atoms with Gasteiger partial charge in [-0.05, 0) is 0 Å². The van der Waals surface area contributed by atoms with Gasteiger partial charge in [0, 0.05) is 12.8 Å². The molecule has 0 radical (unpaired) electrons. The van der Waals surface area contributed by atoms with E-state index in [1.165, 1.54) is 0 Å². The standard InChI is InChI=1S/C7H14N2O4/c8-6(12)1-2-7(13)9-5(3-10)4-11/h5,10-11H,1-4H2,(H2,8,12)(H,9,13). The van der Waals surface area contributed by atoms with Gasteiger partial charge in [-0.2, -0.15) is 0 Å². The summed E-state index contributed by atoms with van der Waals surface area (Å²) >= 11 is 0. The van der Waals surface area contributed by atoms with E-state index < -0.39 is 17.9 Å². The first kappa shape index (κ1) is 11.9. The Balaban J connectivity index is 3.66. The van der Waals surface area contributed by atoms with Crippen molar-refractivity contribution in [2.45, 2.75) is 18.9 Å². The number of rotatable bonds is 6. The van der Waals surface area contributed by atoms with Crippen LogP contribution in [0.15, 0.2) is 0 Å². The molecule has 0 spiro atoms. The van der Waals surface area contributed by atoms with Crippen molar-refractivity contribution < 1.29 is 19.8 Å². The van der Waals surface area contributed by atoms with Crippen molar-refractivity contribution in [3.05, 3.63) is 0 Å². The number of aliphatic hydroxyl groups is 2. The van der Waals surface area contributed by atoms with Crippen LogP contribution < -0.4 is 11.1 Å². The summed E-state index contributed by atoms with van der Waals surface area (Å²) in [7, 11) is 0. The second kappa shape index (κ2) is 6.38. The third kappa shape index (κ3) is 6.06. The van der Waals surface area contributed by atoms with E-state index >= 15 is 0 Å². The van der Waals surface area contributed by atoms with Gasteiger partial charge in [0.1, 0.15) is 0 Å². The molecule has 0 fully saturated rings. The van der Waals surface area contributed by atoms with Gasteiger partial charge in [-0.15, -0.1) is 0 Å². The molecule has 0 heterocycles. The van der Waals surface area contributed by atoms with Crippen LogP contribution in [-0.2, 0) is 9.59 Å². The molecule has 0 aliphatic carbocycles. The number of aliphatic hydroxyl groups excluding tert-OH is 2. The number of carbonyl (C=O) groups excluding carboxylic acids is 2. The lowest BCUT2D eigenvalue weighted by Crippen LogP contribution is -2.40. The fraction of sp³-hybridized carbons (Fsp3) is 0.714.